The van der Waals surface area contributed by atoms with Gasteiger partial charge in [0.2, 0.25) is 17.7 Å². The standard InChI is InChI=1S/C32H54N4O7Si/c1-11-23(4)27(34-32(41)43-21-25-15-13-12-14-16-25)30(39)36(7)28(22(2)3)31(40)35(6)24(5)29(38)33-18-17-26(37)42-19-20-44(8,9)10/h12-16,22-24,27-28H,11,17-21H2,1-10H3,(H,33,38)(H,34,41)/t23-,24-,27-,28-/m0/s1. The highest BCUT2D eigenvalue weighted by molar-refractivity contribution is 6.76. The number of benzene rings is 1. The van der Waals surface area contributed by atoms with Crippen LogP contribution < -0.4 is 10.6 Å². The summed E-state index contributed by atoms with van der Waals surface area (Å²) in [6.45, 7) is 16.1. The van der Waals surface area contributed by atoms with E-state index in [0.29, 0.717) is 13.0 Å². The van der Waals surface area contributed by atoms with Gasteiger partial charge in [0, 0.05) is 28.7 Å². The van der Waals surface area contributed by atoms with Gasteiger partial charge in [0.25, 0.3) is 0 Å². The largest absolute Gasteiger partial charge is 0.466 e. The van der Waals surface area contributed by atoms with Gasteiger partial charge in [-0.05, 0) is 30.4 Å². The molecule has 0 bridgehead atoms. The van der Waals surface area contributed by atoms with Crippen molar-refractivity contribution in [1.82, 2.24) is 20.4 Å². The third-order valence-corrected chi connectivity index (χ3v) is 9.37. The van der Waals surface area contributed by atoms with Crippen molar-refractivity contribution in [2.45, 2.75) is 97.9 Å². The zero-order valence-electron chi connectivity index (χ0n) is 28.3. The SMILES string of the molecule is CC[C@H](C)[C@H](NC(=O)OCc1ccccc1)C(=O)N(C)[C@H](C(=O)N(C)[C@@H](C)C(=O)NCCC(=O)OCC[Si](C)(C)C)C(C)C. The first-order valence-electron chi connectivity index (χ1n) is 15.4. The van der Waals surface area contributed by atoms with E-state index in [1.165, 1.54) is 23.9 Å². The van der Waals surface area contributed by atoms with Crippen molar-refractivity contribution >= 4 is 37.9 Å². The second-order valence-corrected chi connectivity index (χ2v) is 18.5. The maximum absolute atomic E-state index is 13.7. The minimum Gasteiger partial charge on any atom is -0.466 e. The lowest BCUT2D eigenvalue weighted by atomic mass is 9.95. The number of ether oxygens (including phenoxy) is 2. The Balaban J connectivity index is 2.84. The molecule has 248 valence electrons. The molecule has 0 fully saturated rings. The Bertz CT molecular complexity index is 1090. The Morgan fingerprint density at radius 2 is 1.50 bits per heavy atom. The second-order valence-electron chi connectivity index (χ2n) is 12.9. The Hall–Kier alpha value is -3.41. The highest BCUT2D eigenvalue weighted by Crippen LogP contribution is 2.19. The van der Waals surface area contributed by atoms with Crippen molar-refractivity contribution in [3.63, 3.8) is 0 Å². The van der Waals surface area contributed by atoms with Crippen LogP contribution in [0.5, 0.6) is 0 Å². The van der Waals surface area contributed by atoms with E-state index in [-0.39, 0.29) is 37.4 Å². The molecular formula is C32H54N4O7Si. The molecule has 0 spiro atoms. The molecule has 4 atom stereocenters. The molecule has 4 amide bonds. The third kappa shape index (κ3) is 13.1. The van der Waals surface area contributed by atoms with Crippen LogP contribution >= 0.6 is 0 Å². The maximum atomic E-state index is 13.7. The van der Waals surface area contributed by atoms with Crippen LogP contribution in [0.4, 0.5) is 4.79 Å². The summed E-state index contributed by atoms with van der Waals surface area (Å²) in [5.41, 5.74) is 0.815. The van der Waals surface area contributed by atoms with Crippen LogP contribution in [0.3, 0.4) is 0 Å². The molecule has 0 aliphatic rings. The van der Waals surface area contributed by atoms with Crippen LogP contribution in [0.1, 0.15) is 53.0 Å². The number of alkyl carbamates (subject to hydrolysis) is 1. The van der Waals surface area contributed by atoms with Crippen LogP contribution in [0.25, 0.3) is 0 Å². The smallest absolute Gasteiger partial charge is 0.408 e. The molecule has 0 aliphatic carbocycles. The first kappa shape index (κ1) is 38.6. The Morgan fingerprint density at radius 1 is 0.886 bits per heavy atom. The molecule has 0 aliphatic heterocycles. The van der Waals surface area contributed by atoms with E-state index in [0.717, 1.165) is 11.6 Å². The van der Waals surface area contributed by atoms with Crippen LogP contribution in [0, 0.1) is 11.8 Å². The Kier molecular flexibility index (Phi) is 16.2. The molecular weight excluding hydrogens is 580 g/mol. The maximum Gasteiger partial charge on any atom is 0.408 e. The zero-order chi connectivity index (χ0) is 33.6. The number of hydrogen-bond acceptors (Lipinski definition) is 7. The fourth-order valence-electron chi connectivity index (χ4n) is 4.38. The normalized spacial score (nSPS) is 14.1. The van der Waals surface area contributed by atoms with Gasteiger partial charge < -0.3 is 29.9 Å². The van der Waals surface area contributed by atoms with Crippen molar-refractivity contribution in [3.05, 3.63) is 35.9 Å². The minimum atomic E-state index is -1.31. The van der Waals surface area contributed by atoms with E-state index < -0.39 is 50.0 Å². The number of amides is 4. The fourth-order valence-corrected chi connectivity index (χ4v) is 5.10. The van der Waals surface area contributed by atoms with E-state index in [2.05, 4.69) is 30.3 Å². The lowest BCUT2D eigenvalue weighted by molar-refractivity contribution is -0.150. The first-order chi connectivity index (χ1) is 20.5. The summed E-state index contributed by atoms with van der Waals surface area (Å²) in [5.74, 6) is -2.17. The number of rotatable bonds is 17. The summed E-state index contributed by atoms with van der Waals surface area (Å²) < 4.78 is 10.6. The highest BCUT2D eigenvalue weighted by atomic mass is 28.3. The number of likely N-dealkylation sites (N-methyl/N-ethyl adjacent to an activating group) is 2. The monoisotopic (exact) mass is 634 g/mol. The summed E-state index contributed by atoms with van der Waals surface area (Å²) >= 11 is 0. The molecule has 44 heavy (non-hydrogen) atoms. The van der Waals surface area contributed by atoms with Gasteiger partial charge in [-0.2, -0.15) is 0 Å². The average Bonchev–Trinajstić information content (AvgIpc) is 2.96. The van der Waals surface area contributed by atoms with E-state index in [1.54, 1.807) is 6.92 Å². The molecule has 0 aromatic heterocycles. The molecule has 12 heteroatoms. The molecule has 0 heterocycles. The quantitative estimate of drug-likeness (QED) is 0.195. The predicted molar refractivity (Wildman–Crippen MR) is 173 cm³/mol. The van der Waals surface area contributed by atoms with Gasteiger partial charge in [-0.15, -0.1) is 0 Å². The van der Waals surface area contributed by atoms with Gasteiger partial charge in [0.15, 0.2) is 0 Å². The van der Waals surface area contributed by atoms with E-state index in [9.17, 15) is 24.0 Å². The summed E-state index contributed by atoms with van der Waals surface area (Å²) in [6.07, 6.45) is -0.0894. The number of carbonyl (C=O) groups is 5. The van der Waals surface area contributed by atoms with Gasteiger partial charge >= 0.3 is 12.1 Å². The van der Waals surface area contributed by atoms with Crippen molar-refractivity contribution in [1.29, 1.82) is 0 Å². The average molecular weight is 635 g/mol. The fraction of sp³-hybridized carbons (Fsp3) is 0.656. The van der Waals surface area contributed by atoms with E-state index in [4.69, 9.17) is 9.47 Å². The number of hydrogen-bond donors (Lipinski definition) is 2. The third-order valence-electron chi connectivity index (χ3n) is 7.67. The summed E-state index contributed by atoms with van der Waals surface area (Å²) in [6, 6.07) is 7.42. The number of nitrogens with zero attached hydrogens (tertiary/aromatic N) is 2. The lowest BCUT2D eigenvalue weighted by Crippen LogP contribution is -2.59. The van der Waals surface area contributed by atoms with Crippen LogP contribution in [-0.4, -0.2) is 93.0 Å². The second kappa shape index (κ2) is 18.4. The lowest BCUT2D eigenvalue weighted by Gasteiger charge is -2.37. The van der Waals surface area contributed by atoms with E-state index in [1.807, 2.05) is 58.0 Å². The summed E-state index contributed by atoms with van der Waals surface area (Å²) in [7, 11) is 1.73. The van der Waals surface area contributed by atoms with Gasteiger partial charge in [0.1, 0.15) is 24.7 Å². The molecule has 1 aromatic rings. The van der Waals surface area contributed by atoms with Crippen molar-refractivity contribution in [3.8, 4) is 0 Å². The first-order valence-corrected chi connectivity index (χ1v) is 19.1. The van der Waals surface area contributed by atoms with Gasteiger partial charge in [-0.25, -0.2) is 4.79 Å². The number of esters is 1. The molecule has 1 aromatic carbocycles. The minimum absolute atomic E-state index is 0.0332. The molecule has 0 radical (unpaired) electrons. The van der Waals surface area contributed by atoms with E-state index >= 15 is 0 Å². The molecule has 0 saturated carbocycles. The Morgan fingerprint density at radius 3 is 2.05 bits per heavy atom. The molecule has 11 nitrogen and oxygen atoms in total. The van der Waals surface area contributed by atoms with Gasteiger partial charge in [-0.3, -0.25) is 19.2 Å². The van der Waals surface area contributed by atoms with Crippen LogP contribution in [-0.2, 0) is 35.3 Å². The molecule has 2 N–H and O–H groups in total. The predicted octanol–water partition coefficient (Wildman–Crippen LogP) is 4.05. The molecule has 0 unspecified atom stereocenters. The summed E-state index contributed by atoms with van der Waals surface area (Å²) in [4.78, 5) is 67.6. The van der Waals surface area contributed by atoms with Gasteiger partial charge in [0.05, 0.1) is 13.0 Å². The van der Waals surface area contributed by atoms with Crippen molar-refractivity contribution in [2.24, 2.45) is 11.8 Å². The van der Waals surface area contributed by atoms with Crippen LogP contribution in [0.2, 0.25) is 25.7 Å². The number of nitrogens with one attached hydrogen (secondary N) is 2. The summed E-state index contributed by atoms with van der Waals surface area (Å²) in [5, 5.41) is 5.39. The zero-order valence-corrected chi connectivity index (χ0v) is 29.3. The topological polar surface area (TPSA) is 134 Å². The molecule has 0 saturated heterocycles. The van der Waals surface area contributed by atoms with Gasteiger partial charge in [-0.1, -0.05) is 84.1 Å². The van der Waals surface area contributed by atoms with Crippen molar-refractivity contribution in [2.75, 3.05) is 27.2 Å². The van der Waals surface area contributed by atoms with Crippen molar-refractivity contribution < 1.29 is 33.4 Å². The molecule has 1 rings (SSSR count). The highest BCUT2D eigenvalue weighted by Gasteiger charge is 2.38. The number of carbonyl (C=O) groups excluding carboxylic acids is 5. The Labute approximate surface area is 264 Å². The van der Waals surface area contributed by atoms with Crippen LogP contribution in [0.15, 0.2) is 30.3 Å².